The lowest BCUT2D eigenvalue weighted by molar-refractivity contribution is -0.143. The van der Waals surface area contributed by atoms with Crippen molar-refractivity contribution in [1.82, 2.24) is 5.32 Å². The number of aliphatic hydroxyl groups is 2. The number of aliphatic hydroxyl groups excluding tert-OH is 2. The zero-order chi connectivity index (χ0) is 44.4. The maximum Gasteiger partial charge on any atom is 0.305 e. The van der Waals surface area contributed by atoms with Gasteiger partial charge in [0.05, 0.1) is 25.4 Å². The lowest BCUT2D eigenvalue weighted by Crippen LogP contribution is -2.45. The fourth-order valence-electron chi connectivity index (χ4n) is 8.32. The first-order valence-corrected chi connectivity index (χ1v) is 27.1. The van der Waals surface area contributed by atoms with E-state index in [0.29, 0.717) is 25.9 Å². The standard InChI is InChI=1S/C55H105NO5/c1-3-5-7-9-11-13-15-17-19-20-21-23-24-27-31-35-39-43-47-53(58)52(51-57)56-54(59)48-44-40-36-32-28-26-30-34-38-42-46-50-61-55(60)49-45-41-37-33-29-25-22-18-16-14-12-10-8-6-4-2/h12,14,18,22,52-53,57-58H,3-11,13,15-17,19-21,23-51H2,1-2H3,(H,56,59)/b14-12-,22-18-. The van der Waals surface area contributed by atoms with Crippen molar-refractivity contribution in [3.63, 3.8) is 0 Å². The fraction of sp³-hybridized carbons (Fsp3) is 0.891. The second-order valence-electron chi connectivity index (χ2n) is 18.6. The first kappa shape index (κ1) is 59.3. The number of carbonyl (C=O) groups is 2. The van der Waals surface area contributed by atoms with Gasteiger partial charge in [0.2, 0.25) is 5.91 Å². The molecule has 0 aromatic heterocycles. The summed E-state index contributed by atoms with van der Waals surface area (Å²) in [6, 6.07) is -0.556. The summed E-state index contributed by atoms with van der Waals surface area (Å²) in [6.07, 6.45) is 60.0. The van der Waals surface area contributed by atoms with Crippen molar-refractivity contribution in [3.05, 3.63) is 24.3 Å². The summed E-state index contributed by atoms with van der Waals surface area (Å²) in [5, 5.41) is 23.3. The predicted molar refractivity (Wildman–Crippen MR) is 264 cm³/mol. The van der Waals surface area contributed by atoms with Crippen molar-refractivity contribution in [2.24, 2.45) is 0 Å². The van der Waals surface area contributed by atoms with Crippen LogP contribution in [-0.2, 0) is 14.3 Å². The molecule has 2 unspecified atom stereocenters. The second kappa shape index (κ2) is 51.0. The fourth-order valence-corrected chi connectivity index (χ4v) is 8.32. The third kappa shape index (κ3) is 47.7. The molecule has 0 aromatic carbocycles. The minimum atomic E-state index is -0.677. The summed E-state index contributed by atoms with van der Waals surface area (Å²) in [4.78, 5) is 24.5. The molecule has 0 aliphatic carbocycles. The number of hydrogen-bond donors (Lipinski definition) is 3. The third-order valence-corrected chi connectivity index (χ3v) is 12.5. The Labute approximate surface area is 380 Å². The number of nitrogens with one attached hydrogen (secondary N) is 1. The molecule has 6 nitrogen and oxygen atoms in total. The number of amides is 1. The minimum absolute atomic E-state index is 0.0272. The van der Waals surface area contributed by atoms with Crippen LogP contribution in [-0.4, -0.2) is 47.4 Å². The van der Waals surface area contributed by atoms with E-state index in [1.807, 2.05) is 0 Å². The predicted octanol–water partition coefficient (Wildman–Crippen LogP) is 16.3. The molecule has 0 saturated heterocycles. The molecule has 0 bridgehead atoms. The molecule has 0 radical (unpaired) electrons. The Kier molecular flexibility index (Phi) is 49.6. The molecule has 0 aliphatic rings. The average Bonchev–Trinajstić information content (AvgIpc) is 3.26. The van der Waals surface area contributed by atoms with Gasteiger partial charge in [0.25, 0.3) is 0 Å². The van der Waals surface area contributed by atoms with Crippen LogP contribution < -0.4 is 5.32 Å². The molecule has 61 heavy (non-hydrogen) atoms. The molecule has 0 rings (SSSR count). The van der Waals surface area contributed by atoms with Gasteiger partial charge in [0.1, 0.15) is 0 Å². The maximum absolute atomic E-state index is 12.5. The van der Waals surface area contributed by atoms with Crippen LogP contribution in [0.3, 0.4) is 0 Å². The molecule has 360 valence electrons. The van der Waals surface area contributed by atoms with Gasteiger partial charge >= 0.3 is 5.97 Å². The van der Waals surface area contributed by atoms with Crippen molar-refractivity contribution in [2.75, 3.05) is 13.2 Å². The molecule has 0 heterocycles. The topological polar surface area (TPSA) is 95.9 Å². The Hall–Kier alpha value is -1.66. The summed E-state index contributed by atoms with van der Waals surface area (Å²) in [5.74, 6) is -0.0803. The Bertz CT molecular complexity index is 951. The normalized spacial score (nSPS) is 12.8. The summed E-state index contributed by atoms with van der Waals surface area (Å²) < 4.78 is 5.45. The number of ether oxygens (including phenoxy) is 1. The average molecular weight is 860 g/mol. The smallest absolute Gasteiger partial charge is 0.305 e. The number of unbranched alkanes of at least 4 members (excludes halogenated alkanes) is 35. The van der Waals surface area contributed by atoms with Gasteiger partial charge in [-0.25, -0.2) is 0 Å². The van der Waals surface area contributed by atoms with Crippen LogP contribution in [0.15, 0.2) is 24.3 Å². The number of hydrogen-bond acceptors (Lipinski definition) is 5. The molecule has 6 heteroatoms. The van der Waals surface area contributed by atoms with Gasteiger partial charge in [-0.2, -0.15) is 0 Å². The second-order valence-corrected chi connectivity index (χ2v) is 18.6. The van der Waals surface area contributed by atoms with E-state index in [9.17, 15) is 19.8 Å². The van der Waals surface area contributed by atoms with Crippen LogP contribution in [0.25, 0.3) is 0 Å². The largest absolute Gasteiger partial charge is 0.466 e. The van der Waals surface area contributed by atoms with Gasteiger partial charge in [-0.3, -0.25) is 9.59 Å². The highest BCUT2D eigenvalue weighted by Crippen LogP contribution is 2.17. The van der Waals surface area contributed by atoms with Crippen LogP contribution in [0.5, 0.6) is 0 Å². The Balaban J connectivity index is 3.48. The summed E-state index contributed by atoms with van der Waals surface area (Å²) >= 11 is 0. The highest BCUT2D eigenvalue weighted by atomic mass is 16.5. The Morgan fingerprint density at radius 1 is 0.459 bits per heavy atom. The number of allylic oxidation sites excluding steroid dienone is 4. The van der Waals surface area contributed by atoms with Crippen LogP contribution >= 0.6 is 0 Å². The zero-order valence-corrected chi connectivity index (χ0v) is 40.9. The molecule has 0 saturated carbocycles. The van der Waals surface area contributed by atoms with Crippen LogP contribution in [0, 0.1) is 0 Å². The highest BCUT2D eigenvalue weighted by Gasteiger charge is 2.20. The number of carbonyl (C=O) groups excluding carboxylic acids is 2. The maximum atomic E-state index is 12.5. The molecule has 0 aromatic rings. The zero-order valence-electron chi connectivity index (χ0n) is 40.9. The van der Waals surface area contributed by atoms with E-state index in [1.165, 1.54) is 186 Å². The molecule has 0 fully saturated rings. The van der Waals surface area contributed by atoms with E-state index >= 15 is 0 Å². The van der Waals surface area contributed by atoms with Crippen molar-refractivity contribution < 1.29 is 24.5 Å². The first-order valence-electron chi connectivity index (χ1n) is 27.1. The molecule has 3 N–H and O–H groups in total. The van der Waals surface area contributed by atoms with Gasteiger partial charge in [-0.05, 0) is 57.8 Å². The summed E-state index contributed by atoms with van der Waals surface area (Å²) in [7, 11) is 0. The van der Waals surface area contributed by atoms with Gasteiger partial charge in [-0.1, -0.05) is 244 Å². The lowest BCUT2D eigenvalue weighted by Gasteiger charge is -2.22. The molecular formula is C55H105NO5. The van der Waals surface area contributed by atoms with Crippen LogP contribution in [0.1, 0.15) is 290 Å². The minimum Gasteiger partial charge on any atom is -0.466 e. The molecule has 0 aliphatic heterocycles. The van der Waals surface area contributed by atoms with Crippen molar-refractivity contribution in [1.29, 1.82) is 0 Å². The molecule has 0 spiro atoms. The van der Waals surface area contributed by atoms with Gasteiger partial charge in [0.15, 0.2) is 0 Å². The van der Waals surface area contributed by atoms with E-state index in [-0.39, 0.29) is 18.5 Å². The first-order chi connectivity index (χ1) is 30.0. The van der Waals surface area contributed by atoms with E-state index < -0.39 is 12.1 Å². The van der Waals surface area contributed by atoms with Crippen LogP contribution in [0.4, 0.5) is 0 Å². The molecular weight excluding hydrogens is 755 g/mol. The molecule has 1 amide bonds. The Morgan fingerprint density at radius 3 is 1.28 bits per heavy atom. The van der Waals surface area contributed by atoms with E-state index in [0.717, 1.165) is 70.6 Å². The number of rotatable bonds is 50. The van der Waals surface area contributed by atoms with Crippen molar-refractivity contribution in [3.8, 4) is 0 Å². The number of esters is 1. The quantitative estimate of drug-likeness (QED) is 0.0322. The molecule has 2 atom stereocenters. The summed E-state index contributed by atoms with van der Waals surface area (Å²) in [6.45, 7) is 4.89. The van der Waals surface area contributed by atoms with E-state index in [4.69, 9.17) is 4.74 Å². The van der Waals surface area contributed by atoms with E-state index in [2.05, 4.69) is 43.5 Å². The monoisotopic (exact) mass is 860 g/mol. The third-order valence-electron chi connectivity index (χ3n) is 12.5. The van der Waals surface area contributed by atoms with Gasteiger partial charge in [-0.15, -0.1) is 0 Å². The van der Waals surface area contributed by atoms with Crippen molar-refractivity contribution >= 4 is 11.9 Å². The van der Waals surface area contributed by atoms with Gasteiger partial charge in [0, 0.05) is 12.8 Å². The highest BCUT2D eigenvalue weighted by molar-refractivity contribution is 5.76. The van der Waals surface area contributed by atoms with E-state index in [1.54, 1.807) is 0 Å². The van der Waals surface area contributed by atoms with Crippen molar-refractivity contribution in [2.45, 2.75) is 302 Å². The Morgan fingerprint density at radius 2 is 0.820 bits per heavy atom. The van der Waals surface area contributed by atoms with Crippen LogP contribution in [0.2, 0.25) is 0 Å². The van der Waals surface area contributed by atoms with Gasteiger partial charge < -0.3 is 20.3 Å². The lowest BCUT2D eigenvalue weighted by atomic mass is 10.0. The SMILES string of the molecule is CCCCC/C=C\C/C=C\CCCCCCCC(=O)OCCCCCCCCCCCCCC(=O)NC(CO)C(O)CCCCCCCCCCCCCCCCCCCC. The summed E-state index contributed by atoms with van der Waals surface area (Å²) in [5.41, 5.74) is 0.